The van der Waals surface area contributed by atoms with Crippen molar-refractivity contribution < 1.29 is 14.9 Å². The lowest BCUT2D eigenvalue weighted by Gasteiger charge is -2.24. The molecule has 0 radical (unpaired) electrons. The van der Waals surface area contributed by atoms with E-state index in [0.29, 0.717) is 17.7 Å². The Morgan fingerprint density at radius 1 is 1.26 bits per heavy atom. The highest BCUT2D eigenvalue weighted by Gasteiger charge is 2.44. The fraction of sp³-hybridized carbons (Fsp3) is 0.643. The smallest absolute Gasteiger partial charge is 0.167 e. The Hall–Kier alpha value is -1.81. The van der Waals surface area contributed by atoms with Crippen LogP contribution in [0.5, 0.6) is 0 Å². The molecule has 1 saturated heterocycles. The molecule has 4 atom stereocenters. The minimum Gasteiger partial charge on any atom is -0.387 e. The molecule has 0 aromatic carbocycles. The normalized spacial score (nSPS) is 28.6. The Balaban J connectivity index is 1.84. The molecule has 0 spiro atoms. The molecular formula is C14H22N6O3. The van der Waals surface area contributed by atoms with Gasteiger partial charge in [0.25, 0.3) is 0 Å². The molecule has 9 nitrogen and oxygen atoms in total. The van der Waals surface area contributed by atoms with E-state index < -0.39 is 24.5 Å². The third-order valence-corrected chi connectivity index (χ3v) is 3.83. The van der Waals surface area contributed by atoms with Crippen LogP contribution in [0.3, 0.4) is 0 Å². The first-order chi connectivity index (χ1) is 10.8. The first-order valence-electron chi connectivity index (χ1n) is 7.47. The van der Waals surface area contributed by atoms with Gasteiger partial charge in [-0.25, -0.2) is 15.0 Å². The number of imidazole rings is 1. The Bertz CT molecular complexity index is 697. The van der Waals surface area contributed by atoms with Crippen molar-refractivity contribution in [3.63, 3.8) is 0 Å². The molecular weight excluding hydrogens is 300 g/mol. The second-order valence-corrected chi connectivity index (χ2v) is 6.76. The number of rotatable bonds is 3. The van der Waals surface area contributed by atoms with Crippen LogP contribution in [-0.4, -0.2) is 60.1 Å². The fourth-order valence-corrected chi connectivity index (χ4v) is 2.59. The quantitative estimate of drug-likeness (QED) is 0.590. The van der Waals surface area contributed by atoms with Gasteiger partial charge in [0.05, 0.1) is 6.33 Å². The minimum atomic E-state index is -1.09. The number of fused-ring (bicyclic) bond motifs is 1. The summed E-state index contributed by atoms with van der Waals surface area (Å²) >= 11 is 0. The summed E-state index contributed by atoms with van der Waals surface area (Å²) < 4.78 is 7.40. The van der Waals surface area contributed by atoms with Crippen LogP contribution in [0.15, 0.2) is 12.7 Å². The maximum absolute atomic E-state index is 10.3. The van der Waals surface area contributed by atoms with E-state index >= 15 is 0 Å². The molecule has 0 saturated carbocycles. The molecule has 3 rings (SSSR count). The summed E-state index contributed by atoms with van der Waals surface area (Å²) in [7, 11) is 0. The maximum atomic E-state index is 10.3. The Labute approximate surface area is 133 Å². The zero-order chi connectivity index (χ0) is 16.8. The summed E-state index contributed by atoms with van der Waals surface area (Å²) in [5, 5.41) is 23.8. The van der Waals surface area contributed by atoms with Gasteiger partial charge in [-0.05, 0) is 20.8 Å². The highest BCUT2D eigenvalue weighted by molar-refractivity contribution is 5.81. The van der Waals surface area contributed by atoms with Crippen LogP contribution in [-0.2, 0) is 4.74 Å². The van der Waals surface area contributed by atoms with Gasteiger partial charge in [-0.15, -0.1) is 0 Å². The van der Waals surface area contributed by atoms with E-state index in [2.05, 4.69) is 20.3 Å². The number of nitrogens with one attached hydrogen (secondary N) is 1. The monoisotopic (exact) mass is 322 g/mol. The number of aromatic nitrogens is 4. The number of anilines is 1. The lowest BCUT2D eigenvalue weighted by molar-refractivity contribution is -0.0353. The molecule has 126 valence electrons. The van der Waals surface area contributed by atoms with E-state index in [1.165, 1.54) is 12.7 Å². The average Bonchev–Trinajstić information content (AvgIpc) is 3.01. The molecule has 0 unspecified atom stereocenters. The summed E-state index contributed by atoms with van der Waals surface area (Å²) in [5.41, 5.74) is 6.54. The lowest BCUT2D eigenvalue weighted by atomic mass is 10.1. The van der Waals surface area contributed by atoms with Crippen LogP contribution >= 0.6 is 0 Å². The molecule has 0 amide bonds. The van der Waals surface area contributed by atoms with Crippen molar-refractivity contribution in [2.45, 2.75) is 50.8 Å². The van der Waals surface area contributed by atoms with E-state index in [-0.39, 0.29) is 11.4 Å². The van der Waals surface area contributed by atoms with Gasteiger partial charge < -0.3 is 26.0 Å². The van der Waals surface area contributed by atoms with E-state index in [1.54, 1.807) is 4.57 Å². The lowest BCUT2D eigenvalue weighted by Crippen LogP contribution is -2.44. The number of ether oxygens (including phenoxy) is 1. The number of hydrogen-bond acceptors (Lipinski definition) is 8. The maximum Gasteiger partial charge on any atom is 0.167 e. The van der Waals surface area contributed by atoms with Gasteiger partial charge in [-0.2, -0.15) is 0 Å². The number of nitrogen functional groups attached to an aromatic ring is 1. The predicted molar refractivity (Wildman–Crippen MR) is 83.4 cm³/mol. The van der Waals surface area contributed by atoms with Gasteiger partial charge in [0.2, 0.25) is 0 Å². The predicted octanol–water partition coefficient (Wildman–Crippen LogP) is -0.584. The van der Waals surface area contributed by atoms with Crippen LogP contribution in [0.2, 0.25) is 0 Å². The Morgan fingerprint density at radius 2 is 2.00 bits per heavy atom. The summed E-state index contributed by atoms with van der Waals surface area (Å²) in [6.45, 7) is 6.48. The molecule has 2 aromatic rings. The number of hydrogen-bond donors (Lipinski definition) is 4. The molecule has 2 aromatic heterocycles. The first-order valence-corrected chi connectivity index (χ1v) is 7.47. The largest absolute Gasteiger partial charge is 0.387 e. The van der Waals surface area contributed by atoms with Crippen molar-refractivity contribution in [3.8, 4) is 0 Å². The zero-order valence-electron chi connectivity index (χ0n) is 13.3. The highest BCUT2D eigenvalue weighted by Crippen LogP contribution is 2.31. The topological polar surface area (TPSA) is 131 Å². The van der Waals surface area contributed by atoms with Gasteiger partial charge in [0, 0.05) is 12.1 Å². The van der Waals surface area contributed by atoms with Gasteiger partial charge in [0.15, 0.2) is 17.7 Å². The first kappa shape index (κ1) is 16.1. The Morgan fingerprint density at radius 3 is 2.70 bits per heavy atom. The van der Waals surface area contributed by atoms with Crippen LogP contribution < -0.4 is 11.1 Å². The third-order valence-electron chi connectivity index (χ3n) is 3.83. The van der Waals surface area contributed by atoms with Gasteiger partial charge in [0.1, 0.15) is 30.2 Å². The van der Waals surface area contributed by atoms with E-state index in [9.17, 15) is 10.2 Å². The van der Waals surface area contributed by atoms with Crippen molar-refractivity contribution in [2.24, 2.45) is 0 Å². The minimum absolute atomic E-state index is 0.116. The molecule has 5 N–H and O–H groups in total. The molecule has 3 heterocycles. The number of nitrogens with zero attached hydrogens (tertiary/aromatic N) is 4. The molecule has 9 heteroatoms. The molecule has 0 bridgehead atoms. The fourth-order valence-electron chi connectivity index (χ4n) is 2.59. The van der Waals surface area contributed by atoms with Crippen LogP contribution in [0.25, 0.3) is 11.2 Å². The standard InChI is InChI=1S/C14H22N6O3/c1-14(2,3)19-4-7-9(21)10(22)13(23-7)20-6-18-8-11(15)16-5-17-12(8)20/h5-7,9-10,13,19,21-22H,4H2,1-3H3,(H2,15,16,17)/t7-,9-,10-,13-/m1/s1. The second-order valence-electron chi connectivity index (χ2n) is 6.76. The summed E-state index contributed by atoms with van der Waals surface area (Å²) in [6, 6.07) is 0. The van der Waals surface area contributed by atoms with Gasteiger partial charge >= 0.3 is 0 Å². The number of aliphatic hydroxyl groups is 2. The second kappa shape index (κ2) is 5.68. The van der Waals surface area contributed by atoms with Crippen LogP contribution in [0.1, 0.15) is 27.0 Å². The molecule has 0 aliphatic carbocycles. The van der Waals surface area contributed by atoms with E-state index in [1.807, 2.05) is 20.8 Å². The van der Waals surface area contributed by atoms with Crippen LogP contribution in [0.4, 0.5) is 5.82 Å². The SMILES string of the molecule is CC(C)(C)NC[C@H]1O[C@@H](n2cnc3c(N)ncnc32)[C@H](O)[C@@H]1O. The van der Waals surface area contributed by atoms with E-state index in [0.717, 1.165) is 0 Å². The van der Waals surface area contributed by atoms with Crippen molar-refractivity contribution in [1.82, 2.24) is 24.8 Å². The Kier molecular flexibility index (Phi) is 3.96. The third kappa shape index (κ3) is 3.00. The molecule has 23 heavy (non-hydrogen) atoms. The number of aliphatic hydroxyl groups excluding tert-OH is 2. The van der Waals surface area contributed by atoms with Crippen molar-refractivity contribution in [1.29, 1.82) is 0 Å². The van der Waals surface area contributed by atoms with Crippen molar-refractivity contribution >= 4 is 17.0 Å². The van der Waals surface area contributed by atoms with E-state index in [4.69, 9.17) is 10.5 Å². The average molecular weight is 322 g/mol. The molecule has 1 aliphatic heterocycles. The molecule has 1 fully saturated rings. The van der Waals surface area contributed by atoms with Gasteiger partial charge in [-0.3, -0.25) is 4.57 Å². The van der Waals surface area contributed by atoms with Gasteiger partial charge in [-0.1, -0.05) is 0 Å². The summed E-state index contributed by atoms with van der Waals surface area (Å²) in [5.74, 6) is 0.257. The summed E-state index contributed by atoms with van der Waals surface area (Å²) in [4.78, 5) is 12.2. The number of nitrogens with two attached hydrogens (primary N) is 1. The summed E-state index contributed by atoms with van der Waals surface area (Å²) in [6.07, 6.45) is -0.606. The zero-order valence-corrected chi connectivity index (χ0v) is 13.3. The van der Waals surface area contributed by atoms with Crippen molar-refractivity contribution in [2.75, 3.05) is 12.3 Å². The highest BCUT2D eigenvalue weighted by atomic mass is 16.6. The van der Waals surface area contributed by atoms with Crippen molar-refractivity contribution in [3.05, 3.63) is 12.7 Å². The van der Waals surface area contributed by atoms with Crippen LogP contribution in [0, 0.1) is 0 Å². The molecule has 1 aliphatic rings.